The van der Waals surface area contributed by atoms with Crippen LogP contribution in [0.2, 0.25) is 0 Å². The van der Waals surface area contributed by atoms with Crippen molar-refractivity contribution >= 4 is 23.2 Å². The van der Waals surface area contributed by atoms with E-state index in [9.17, 15) is 9.59 Å². The van der Waals surface area contributed by atoms with Crippen molar-refractivity contribution in [3.05, 3.63) is 57.3 Å². The minimum absolute atomic E-state index is 0.0280. The second-order valence-corrected chi connectivity index (χ2v) is 5.93. The molecule has 1 aromatic heterocycles. The maximum absolute atomic E-state index is 12.0. The van der Waals surface area contributed by atoms with Crippen LogP contribution in [0.4, 0.5) is 0 Å². The Morgan fingerprint density at radius 1 is 1.14 bits per heavy atom. The Bertz CT molecular complexity index is 645. The van der Waals surface area contributed by atoms with Gasteiger partial charge < -0.3 is 10.2 Å². The molecule has 110 valence electrons. The number of hydrogen-bond acceptors (Lipinski definition) is 3. The second-order valence-electron chi connectivity index (χ2n) is 5.01. The molecular weight excluding hydrogens is 284 g/mol. The molecule has 0 aliphatic carbocycles. The fourth-order valence-electron chi connectivity index (χ4n) is 1.89. The zero-order chi connectivity index (χ0) is 15.4. The Kier molecular flexibility index (Phi) is 4.75. The van der Waals surface area contributed by atoms with Crippen LogP contribution in [0.15, 0.2) is 35.7 Å². The van der Waals surface area contributed by atoms with Crippen LogP contribution in [-0.4, -0.2) is 30.8 Å². The summed E-state index contributed by atoms with van der Waals surface area (Å²) in [6, 6.07) is 9.21. The third-order valence-corrected chi connectivity index (χ3v) is 4.14. The molecule has 2 amide bonds. The second kappa shape index (κ2) is 6.54. The number of rotatable bonds is 4. The average Bonchev–Trinajstić information content (AvgIpc) is 2.90. The van der Waals surface area contributed by atoms with Crippen LogP contribution in [0.5, 0.6) is 0 Å². The van der Waals surface area contributed by atoms with Gasteiger partial charge in [-0.2, -0.15) is 0 Å². The largest absolute Gasteiger partial charge is 0.347 e. The highest BCUT2D eigenvalue weighted by Gasteiger charge is 2.10. The molecule has 1 N–H and O–H groups in total. The predicted octanol–water partition coefficient (Wildman–Crippen LogP) is 2.69. The topological polar surface area (TPSA) is 49.4 Å². The summed E-state index contributed by atoms with van der Waals surface area (Å²) in [6.07, 6.45) is 0. The fourth-order valence-corrected chi connectivity index (χ4v) is 2.73. The molecular formula is C16H18N2O2S. The molecule has 1 aromatic carbocycles. The van der Waals surface area contributed by atoms with Crippen molar-refractivity contribution in [2.75, 3.05) is 14.1 Å². The molecule has 0 saturated carbocycles. The zero-order valence-electron chi connectivity index (χ0n) is 12.3. The summed E-state index contributed by atoms with van der Waals surface area (Å²) < 4.78 is 0. The van der Waals surface area contributed by atoms with Crippen molar-refractivity contribution < 1.29 is 9.59 Å². The van der Waals surface area contributed by atoms with Crippen molar-refractivity contribution in [3.63, 3.8) is 0 Å². The number of carbonyl (C=O) groups excluding carboxylic acids is 2. The molecule has 4 nitrogen and oxygen atoms in total. The Hall–Kier alpha value is -2.14. The smallest absolute Gasteiger partial charge is 0.261 e. The highest BCUT2D eigenvalue weighted by Crippen LogP contribution is 2.15. The van der Waals surface area contributed by atoms with E-state index in [4.69, 9.17) is 0 Å². The number of hydrogen-bond donors (Lipinski definition) is 1. The van der Waals surface area contributed by atoms with Gasteiger partial charge in [0.25, 0.3) is 11.8 Å². The zero-order valence-corrected chi connectivity index (χ0v) is 13.2. The van der Waals surface area contributed by atoms with Gasteiger partial charge in [0.2, 0.25) is 0 Å². The highest BCUT2D eigenvalue weighted by molar-refractivity contribution is 7.12. The van der Waals surface area contributed by atoms with E-state index < -0.39 is 0 Å². The van der Waals surface area contributed by atoms with Crippen LogP contribution in [0.25, 0.3) is 0 Å². The Morgan fingerprint density at radius 2 is 1.81 bits per heavy atom. The van der Waals surface area contributed by atoms with Gasteiger partial charge in [0.1, 0.15) is 0 Å². The minimum atomic E-state index is -0.0593. The SMILES string of the molecule is Cc1ccsc1C(=O)NCc1ccc(C(=O)N(C)C)cc1. The van der Waals surface area contributed by atoms with Crippen LogP contribution in [0.3, 0.4) is 0 Å². The summed E-state index contributed by atoms with van der Waals surface area (Å²) in [5.41, 5.74) is 2.60. The molecule has 0 unspecified atom stereocenters. The van der Waals surface area contributed by atoms with Crippen molar-refractivity contribution in [2.24, 2.45) is 0 Å². The van der Waals surface area contributed by atoms with Gasteiger partial charge in [0, 0.05) is 26.2 Å². The third kappa shape index (κ3) is 3.70. The molecule has 0 bridgehead atoms. The fraction of sp³-hybridized carbons (Fsp3) is 0.250. The maximum atomic E-state index is 12.0. The first kappa shape index (κ1) is 15.3. The number of carbonyl (C=O) groups is 2. The molecule has 2 aromatic rings. The van der Waals surface area contributed by atoms with E-state index in [0.717, 1.165) is 16.0 Å². The van der Waals surface area contributed by atoms with E-state index in [-0.39, 0.29) is 11.8 Å². The Labute approximate surface area is 128 Å². The van der Waals surface area contributed by atoms with E-state index in [1.54, 1.807) is 26.2 Å². The van der Waals surface area contributed by atoms with Gasteiger partial charge in [0.05, 0.1) is 4.88 Å². The van der Waals surface area contributed by atoms with E-state index in [2.05, 4.69) is 5.32 Å². The van der Waals surface area contributed by atoms with E-state index >= 15 is 0 Å². The van der Waals surface area contributed by atoms with Gasteiger partial charge in [0.15, 0.2) is 0 Å². The Balaban J connectivity index is 1.97. The van der Waals surface area contributed by atoms with E-state index in [1.807, 2.05) is 30.5 Å². The van der Waals surface area contributed by atoms with Gasteiger partial charge in [-0.1, -0.05) is 12.1 Å². The summed E-state index contributed by atoms with van der Waals surface area (Å²) >= 11 is 1.44. The van der Waals surface area contributed by atoms with Crippen molar-refractivity contribution in [2.45, 2.75) is 13.5 Å². The maximum Gasteiger partial charge on any atom is 0.261 e. The van der Waals surface area contributed by atoms with Crippen LogP contribution in [0.1, 0.15) is 31.2 Å². The lowest BCUT2D eigenvalue weighted by Crippen LogP contribution is -2.23. The molecule has 0 saturated heterocycles. The van der Waals surface area contributed by atoms with E-state index in [0.29, 0.717) is 12.1 Å². The molecule has 0 spiro atoms. The summed E-state index contributed by atoms with van der Waals surface area (Å²) in [7, 11) is 3.44. The summed E-state index contributed by atoms with van der Waals surface area (Å²) in [5, 5.41) is 4.80. The number of nitrogens with zero attached hydrogens (tertiary/aromatic N) is 1. The number of amides is 2. The third-order valence-electron chi connectivity index (χ3n) is 3.13. The molecule has 21 heavy (non-hydrogen) atoms. The van der Waals surface area contributed by atoms with E-state index in [1.165, 1.54) is 16.2 Å². The highest BCUT2D eigenvalue weighted by atomic mass is 32.1. The molecule has 2 rings (SSSR count). The Morgan fingerprint density at radius 3 is 2.33 bits per heavy atom. The quantitative estimate of drug-likeness (QED) is 0.944. The van der Waals surface area contributed by atoms with Gasteiger partial charge in [-0.15, -0.1) is 11.3 Å². The summed E-state index contributed by atoms with van der Waals surface area (Å²) in [4.78, 5) is 26.1. The van der Waals surface area contributed by atoms with Gasteiger partial charge in [-0.25, -0.2) is 0 Å². The number of thiophene rings is 1. The lowest BCUT2D eigenvalue weighted by molar-refractivity contribution is 0.0827. The number of nitrogens with one attached hydrogen (secondary N) is 1. The van der Waals surface area contributed by atoms with Crippen LogP contribution >= 0.6 is 11.3 Å². The predicted molar refractivity (Wildman–Crippen MR) is 84.7 cm³/mol. The lowest BCUT2D eigenvalue weighted by Gasteiger charge is -2.10. The number of aryl methyl sites for hydroxylation is 1. The van der Waals surface area contributed by atoms with Crippen LogP contribution in [0, 0.1) is 6.92 Å². The van der Waals surface area contributed by atoms with Gasteiger partial charge in [-0.3, -0.25) is 9.59 Å². The first-order valence-electron chi connectivity index (χ1n) is 6.62. The van der Waals surface area contributed by atoms with Crippen molar-refractivity contribution in [3.8, 4) is 0 Å². The molecule has 0 atom stereocenters. The van der Waals surface area contributed by atoms with Crippen molar-refractivity contribution in [1.29, 1.82) is 0 Å². The molecule has 1 heterocycles. The first-order chi connectivity index (χ1) is 9.99. The molecule has 0 aliphatic heterocycles. The van der Waals surface area contributed by atoms with Crippen molar-refractivity contribution in [1.82, 2.24) is 10.2 Å². The minimum Gasteiger partial charge on any atom is -0.347 e. The summed E-state index contributed by atoms with van der Waals surface area (Å²) in [5.74, 6) is -0.0873. The normalized spacial score (nSPS) is 10.2. The molecule has 0 fully saturated rings. The van der Waals surface area contributed by atoms with Crippen LogP contribution < -0.4 is 5.32 Å². The molecule has 0 radical (unpaired) electrons. The molecule has 5 heteroatoms. The first-order valence-corrected chi connectivity index (χ1v) is 7.50. The lowest BCUT2D eigenvalue weighted by atomic mass is 10.1. The van der Waals surface area contributed by atoms with Gasteiger partial charge in [-0.05, 0) is 41.6 Å². The molecule has 0 aliphatic rings. The number of benzene rings is 1. The standard InChI is InChI=1S/C16H18N2O2S/c1-11-8-9-21-14(11)15(19)17-10-12-4-6-13(7-5-12)16(20)18(2)3/h4-9H,10H2,1-3H3,(H,17,19). The summed E-state index contributed by atoms with van der Waals surface area (Å²) in [6.45, 7) is 2.37. The monoisotopic (exact) mass is 302 g/mol. The average molecular weight is 302 g/mol. The van der Waals surface area contributed by atoms with Crippen LogP contribution in [-0.2, 0) is 6.54 Å². The van der Waals surface area contributed by atoms with Gasteiger partial charge >= 0.3 is 0 Å².